The lowest BCUT2D eigenvalue weighted by Crippen LogP contribution is -2.05. The van der Waals surface area contributed by atoms with Crippen molar-refractivity contribution in [2.24, 2.45) is 0 Å². The molecule has 0 radical (unpaired) electrons. The number of esters is 2. The Labute approximate surface area is 208 Å². The lowest BCUT2D eigenvalue weighted by atomic mass is 10.1. The van der Waals surface area contributed by atoms with Gasteiger partial charge in [-0.1, -0.05) is 75.9 Å². The Balaban J connectivity index is 0. The zero-order valence-electron chi connectivity index (χ0n) is 20.7. The topological polar surface area (TPSA) is 114 Å². The van der Waals surface area contributed by atoms with Crippen molar-refractivity contribution >= 4 is 24.0 Å². The summed E-state index contributed by atoms with van der Waals surface area (Å²) < 4.78 is 9.62. The molecule has 0 aromatic heterocycles. The van der Waals surface area contributed by atoms with Crippen molar-refractivity contribution < 1.29 is 29.0 Å². The zero-order valence-corrected chi connectivity index (χ0v) is 20.7. The van der Waals surface area contributed by atoms with E-state index in [4.69, 9.17) is 15.1 Å². The molecule has 7 heteroatoms. The van der Waals surface area contributed by atoms with Gasteiger partial charge in [0.25, 0.3) is 0 Å². The van der Waals surface area contributed by atoms with Crippen molar-refractivity contribution in [2.45, 2.75) is 40.0 Å². The molecule has 7 nitrogen and oxygen atoms in total. The van der Waals surface area contributed by atoms with Gasteiger partial charge in [0, 0.05) is 17.7 Å². The lowest BCUT2D eigenvalue weighted by Gasteiger charge is -2.01. The first kappa shape index (κ1) is 33.0. The lowest BCUT2D eigenvalue weighted by molar-refractivity contribution is -0.138. The quantitative estimate of drug-likeness (QED) is 0.139. The minimum Gasteiger partial charge on any atom is -0.478 e. The third-order valence-electron chi connectivity index (χ3n) is 3.85. The van der Waals surface area contributed by atoms with Crippen LogP contribution >= 0.6 is 0 Å². The second-order valence-electron chi connectivity index (χ2n) is 6.56. The number of benzene rings is 1. The van der Waals surface area contributed by atoms with Crippen LogP contribution < -0.4 is 0 Å². The first-order valence-electron chi connectivity index (χ1n) is 11.1. The number of carboxylic acid groups (broad SMARTS) is 1. The number of hydrogen-bond donors (Lipinski definition) is 1. The summed E-state index contributed by atoms with van der Waals surface area (Å²) in [6.07, 6.45) is 11.5. The molecule has 0 saturated carbocycles. The van der Waals surface area contributed by atoms with Crippen molar-refractivity contribution in [1.82, 2.24) is 0 Å². The largest absolute Gasteiger partial charge is 0.478 e. The number of carbonyl (C=O) groups is 3. The van der Waals surface area contributed by atoms with E-state index >= 15 is 0 Å². The molecule has 0 saturated heterocycles. The Bertz CT molecular complexity index is 921. The number of nitrogens with zero attached hydrogens (tertiary/aromatic N) is 1. The van der Waals surface area contributed by atoms with Gasteiger partial charge in [-0.25, -0.2) is 14.4 Å². The van der Waals surface area contributed by atoms with Gasteiger partial charge in [0.15, 0.2) is 0 Å². The second-order valence-corrected chi connectivity index (χ2v) is 6.56. The molecule has 0 spiro atoms. The normalized spacial score (nSPS) is 10.2. The van der Waals surface area contributed by atoms with E-state index in [9.17, 15) is 14.4 Å². The molecule has 35 heavy (non-hydrogen) atoms. The van der Waals surface area contributed by atoms with Gasteiger partial charge in [-0.15, -0.1) is 0 Å². The number of allylic oxidation sites excluding steroid dienone is 3. The predicted molar refractivity (Wildman–Crippen MR) is 138 cm³/mol. The van der Waals surface area contributed by atoms with Crippen molar-refractivity contribution in [3.63, 3.8) is 0 Å². The van der Waals surface area contributed by atoms with E-state index in [-0.39, 0.29) is 11.5 Å². The molecule has 0 amide bonds. The molecule has 0 atom stereocenters. The van der Waals surface area contributed by atoms with Crippen LogP contribution in [0.1, 0.15) is 45.6 Å². The summed E-state index contributed by atoms with van der Waals surface area (Å²) in [6.45, 7) is 12.9. The van der Waals surface area contributed by atoms with E-state index < -0.39 is 11.9 Å². The third kappa shape index (κ3) is 20.2. The number of rotatable bonds is 11. The summed E-state index contributed by atoms with van der Waals surface area (Å²) >= 11 is 0. The fraction of sp³-hybridized carbons (Fsp3) is 0.286. The minimum atomic E-state index is -0.900. The molecule has 0 aliphatic carbocycles. The highest BCUT2D eigenvalue weighted by atomic mass is 16.5. The molecule has 0 bridgehead atoms. The molecule has 0 aliphatic heterocycles. The first-order chi connectivity index (χ1) is 16.8. The van der Waals surface area contributed by atoms with Crippen LogP contribution in [0, 0.1) is 11.3 Å². The van der Waals surface area contributed by atoms with Crippen LogP contribution in [0.4, 0.5) is 0 Å². The number of unbranched alkanes of at least 4 members (excludes halogenated alkanes) is 1. The van der Waals surface area contributed by atoms with Crippen molar-refractivity contribution in [3.05, 3.63) is 90.6 Å². The van der Waals surface area contributed by atoms with Gasteiger partial charge in [-0.2, -0.15) is 5.26 Å². The van der Waals surface area contributed by atoms with Gasteiger partial charge in [0.05, 0.1) is 24.9 Å². The average Bonchev–Trinajstić information content (AvgIpc) is 2.87. The van der Waals surface area contributed by atoms with E-state index in [2.05, 4.69) is 17.9 Å². The van der Waals surface area contributed by atoms with Gasteiger partial charge in [-0.05, 0) is 37.5 Å². The van der Waals surface area contributed by atoms with Crippen LogP contribution in [0.5, 0.6) is 0 Å². The van der Waals surface area contributed by atoms with Gasteiger partial charge >= 0.3 is 17.9 Å². The Hall–Kier alpha value is -4.18. The van der Waals surface area contributed by atoms with Crippen molar-refractivity contribution in [2.75, 3.05) is 13.2 Å². The van der Waals surface area contributed by atoms with Gasteiger partial charge in [0.1, 0.15) is 0 Å². The number of hydrogen-bond acceptors (Lipinski definition) is 6. The van der Waals surface area contributed by atoms with Crippen LogP contribution in [0.2, 0.25) is 0 Å². The second kappa shape index (κ2) is 23.0. The van der Waals surface area contributed by atoms with E-state index in [1.807, 2.05) is 49.4 Å². The summed E-state index contributed by atoms with van der Waals surface area (Å²) in [5.74, 6) is -1.64. The SMILES string of the molecule is C=C(CC)C(=O)O.C=CC(=O)OCCCC.CCOC(=O)C(C=Cc1ccccc1)=CC=CC#N. The van der Waals surface area contributed by atoms with Gasteiger partial charge < -0.3 is 14.6 Å². The molecule has 1 rings (SSSR count). The Morgan fingerprint density at radius 2 is 1.77 bits per heavy atom. The van der Waals surface area contributed by atoms with E-state index in [1.54, 1.807) is 26.0 Å². The van der Waals surface area contributed by atoms with Gasteiger partial charge in [-0.3, -0.25) is 0 Å². The molecule has 0 fully saturated rings. The first-order valence-corrected chi connectivity index (χ1v) is 11.1. The standard InChI is InChI=1S/C16H15NO2.C7H12O2.C5H8O2/c1-2-19-16(18)15(10-6-7-13-17)12-11-14-8-4-3-5-9-14;1-3-5-6-9-7(8)4-2;1-3-4(2)5(6)7/h3-12H,2H2,1H3;4H,2-3,5-6H2,1H3;2-3H2,1H3,(H,6,7). The summed E-state index contributed by atoms with van der Waals surface area (Å²) in [5.41, 5.74) is 1.65. The highest BCUT2D eigenvalue weighted by Crippen LogP contribution is 2.07. The number of aliphatic carboxylic acids is 1. The maximum absolute atomic E-state index is 11.7. The zero-order chi connectivity index (χ0) is 26.9. The monoisotopic (exact) mass is 481 g/mol. The van der Waals surface area contributed by atoms with Crippen molar-refractivity contribution in [3.8, 4) is 6.07 Å². The highest BCUT2D eigenvalue weighted by Gasteiger charge is 2.05. The van der Waals surface area contributed by atoms with Crippen LogP contribution in [0.25, 0.3) is 6.08 Å². The van der Waals surface area contributed by atoms with E-state index in [0.717, 1.165) is 18.4 Å². The maximum atomic E-state index is 11.7. The molecular weight excluding hydrogens is 446 g/mol. The van der Waals surface area contributed by atoms with Crippen molar-refractivity contribution in [1.29, 1.82) is 5.26 Å². The number of carboxylic acids is 1. The minimum absolute atomic E-state index is 0.264. The molecule has 188 valence electrons. The fourth-order valence-electron chi connectivity index (χ4n) is 1.88. The third-order valence-corrected chi connectivity index (χ3v) is 3.85. The molecule has 0 heterocycles. The fourth-order valence-corrected chi connectivity index (χ4v) is 1.88. The summed E-state index contributed by atoms with van der Waals surface area (Å²) in [6, 6.07) is 11.5. The smallest absolute Gasteiger partial charge is 0.338 e. The van der Waals surface area contributed by atoms with E-state index in [1.165, 1.54) is 18.2 Å². The number of ether oxygens (including phenoxy) is 2. The van der Waals surface area contributed by atoms with Crippen LogP contribution in [0.3, 0.4) is 0 Å². The molecule has 1 aromatic carbocycles. The Morgan fingerprint density at radius 1 is 1.11 bits per heavy atom. The molecule has 1 aromatic rings. The number of carbonyl (C=O) groups excluding carboxylic acids is 2. The maximum Gasteiger partial charge on any atom is 0.338 e. The van der Waals surface area contributed by atoms with Gasteiger partial charge in [0.2, 0.25) is 0 Å². The highest BCUT2D eigenvalue weighted by molar-refractivity contribution is 5.93. The molecule has 1 N–H and O–H groups in total. The predicted octanol–water partition coefficient (Wildman–Crippen LogP) is 5.82. The van der Waals surface area contributed by atoms with Crippen LogP contribution in [0.15, 0.2) is 85.0 Å². The molecule has 0 aliphatic rings. The summed E-state index contributed by atoms with van der Waals surface area (Å²) in [5, 5.41) is 16.5. The molecule has 0 unspecified atom stereocenters. The number of nitriles is 1. The summed E-state index contributed by atoms with van der Waals surface area (Å²) in [4.78, 5) is 31.9. The molecular formula is C28H35NO6. The van der Waals surface area contributed by atoms with Crippen LogP contribution in [-0.4, -0.2) is 36.2 Å². The Morgan fingerprint density at radius 3 is 2.23 bits per heavy atom. The average molecular weight is 482 g/mol. The van der Waals surface area contributed by atoms with Crippen LogP contribution in [-0.2, 0) is 23.9 Å². The van der Waals surface area contributed by atoms with E-state index in [0.29, 0.717) is 25.2 Å². The summed E-state index contributed by atoms with van der Waals surface area (Å²) in [7, 11) is 0. The Kier molecular flexibility index (Phi) is 21.7.